The highest BCUT2D eigenvalue weighted by molar-refractivity contribution is 5.84. The maximum absolute atomic E-state index is 11.8. The molecule has 0 aliphatic carbocycles. The van der Waals surface area contributed by atoms with E-state index < -0.39 is 0 Å². The molecule has 0 saturated carbocycles. The molecule has 0 bridgehead atoms. The molecule has 19 heavy (non-hydrogen) atoms. The highest BCUT2D eigenvalue weighted by Gasteiger charge is 2.12. The van der Waals surface area contributed by atoms with Crippen molar-refractivity contribution in [2.45, 2.75) is 46.6 Å². The van der Waals surface area contributed by atoms with Gasteiger partial charge in [-0.3, -0.25) is 9.59 Å². The van der Waals surface area contributed by atoms with E-state index >= 15 is 0 Å². The minimum Gasteiger partial charge on any atom is -0.354 e. The molecule has 0 fully saturated rings. The van der Waals surface area contributed by atoms with Gasteiger partial charge in [0.2, 0.25) is 11.8 Å². The van der Waals surface area contributed by atoms with Crippen LogP contribution in [-0.2, 0) is 9.59 Å². The topological polar surface area (TPSA) is 61.4 Å². The Balaban J connectivity index is 3.77. The number of rotatable bonds is 9. The molecule has 5 heteroatoms. The summed E-state index contributed by atoms with van der Waals surface area (Å²) in [5, 5.41) is 6.07. The normalized spacial score (nSPS) is 10.9. The third kappa shape index (κ3) is 10.5. The monoisotopic (exact) mass is 271 g/mol. The highest BCUT2D eigenvalue weighted by atomic mass is 16.2. The molecule has 0 aromatic carbocycles. The lowest BCUT2D eigenvalue weighted by Crippen LogP contribution is -2.39. The van der Waals surface area contributed by atoms with Gasteiger partial charge in [-0.2, -0.15) is 0 Å². The van der Waals surface area contributed by atoms with Crippen LogP contribution in [0.15, 0.2) is 0 Å². The van der Waals surface area contributed by atoms with Gasteiger partial charge in [0.15, 0.2) is 0 Å². The van der Waals surface area contributed by atoms with Crippen LogP contribution in [0, 0.1) is 5.92 Å². The second-order valence-electron chi connectivity index (χ2n) is 5.66. The number of carbonyl (C=O) groups excluding carboxylic acids is 2. The minimum atomic E-state index is -0.0927. The van der Waals surface area contributed by atoms with Gasteiger partial charge in [-0.15, -0.1) is 0 Å². The fourth-order valence-electron chi connectivity index (χ4n) is 1.50. The molecule has 2 amide bonds. The molecular formula is C14H29N3O2. The van der Waals surface area contributed by atoms with Crippen LogP contribution in [0.2, 0.25) is 0 Å². The summed E-state index contributed by atoms with van der Waals surface area (Å²) in [5.41, 5.74) is 0. The van der Waals surface area contributed by atoms with Crippen LogP contribution in [0.3, 0.4) is 0 Å². The fraction of sp³-hybridized carbons (Fsp3) is 0.857. The average molecular weight is 271 g/mol. The third-order valence-corrected chi connectivity index (χ3v) is 2.63. The number of nitrogens with one attached hydrogen (secondary N) is 2. The molecule has 0 heterocycles. The second kappa shape index (κ2) is 9.78. The zero-order chi connectivity index (χ0) is 14.8. The van der Waals surface area contributed by atoms with Gasteiger partial charge < -0.3 is 15.5 Å². The van der Waals surface area contributed by atoms with Crippen LogP contribution < -0.4 is 10.6 Å². The molecule has 0 aliphatic rings. The Bertz CT molecular complexity index is 278. The van der Waals surface area contributed by atoms with E-state index in [2.05, 4.69) is 24.5 Å². The number of carbonyl (C=O) groups is 2. The summed E-state index contributed by atoms with van der Waals surface area (Å²) >= 11 is 0. The van der Waals surface area contributed by atoms with E-state index in [-0.39, 0.29) is 18.4 Å². The van der Waals surface area contributed by atoms with Crippen molar-refractivity contribution >= 4 is 11.8 Å². The molecule has 2 N–H and O–H groups in total. The van der Waals surface area contributed by atoms with Gasteiger partial charge in [0.25, 0.3) is 0 Å². The molecule has 5 nitrogen and oxygen atoms in total. The number of hydrogen-bond donors (Lipinski definition) is 2. The first-order valence-corrected chi connectivity index (χ1v) is 7.07. The van der Waals surface area contributed by atoms with E-state index in [0.717, 1.165) is 13.0 Å². The third-order valence-electron chi connectivity index (χ3n) is 2.63. The Kier molecular flexibility index (Phi) is 9.21. The van der Waals surface area contributed by atoms with Crippen LogP contribution in [0.25, 0.3) is 0 Å². The molecule has 0 unspecified atom stereocenters. The predicted molar refractivity (Wildman–Crippen MR) is 77.9 cm³/mol. The maximum atomic E-state index is 11.8. The largest absolute Gasteiger partial charge is 0.354 e. The van der Waals surface area contributed by atoms with Gasteiger partial charge in [0, 0.05) is 26.1 Å². The lowest BCUT2D eigenvalue weighted by molar-refractivity contribution is -0.134. The SMILES string of the molecule is CC(C)CNC(=O)CN(C)C(=O)CCCNC(C)C. The van der Waals surface area contributed by atoms with Crippen molar-refractivity contribution in [3.8, 4) is 0 Å². The van der Waals surface area contributed by atoms with E-state index in [0.29, 0.717) is 24.9 Å². The molecular weight excluding hydrogens is 242 g/mol. The van der Waals surface area contributed by atoms with Crippen LogP contribution in [0.4, 0.5) is 0 Å². The number of likely N-dealkylation sites (N-methyl/N-ethyl adjacent to an activating group) is 1. The summed E-state index contributed by atoms with van der Waals surface area (Å²) in [6, 6.07) is 0.439. The van der Waals surface area contributed by atoms with Gasteiger partial charge in [-0.25, -0.2) is 0 Å². The molecule has 0 spiro atoms. The van der Waals surface area contributed by atoms with Crippen molar-refractivity contribution in [1.82, 2.24) is 15.5 Å². The Labute approximate surface area is 117 Å². The van der Waals surface area contributed by atoms with Gasteiger partial charge in [-0.1, -0.05) is 27.7 Å². The predicted octanol–water partition coefficient (Wildman–Crippen LogP) is 0.995. The molecule has 0 aromatic heterocycles. The molecule has 0 atom stereocenters. The van der Waals surface area contributed by atoms with Crippen LogP contribution >= 0.6 is 0 Å². The summed E-state index contributed by atoms with van der Waals surface area (Å²) < 4.78 is 0. The molecule has 0 radical (unpaired) electrons. The zero-order valence-electron chi connectivity index (χ0n) is 13.0. The first-order chi connectivity index (χ1) is 8.82. The summed E-state index contributed by atoms with van der Waals surface area (Å²) in [6.45, 7) is 9.85. The van der Waals surface area contributed by atoms with Gasteiger partial charge in [0.05, 0.1) is 6.54 Å². The number of hydrogen-bond acceptors (Lipinski definition) is 3. The Morgan fingerprint density at radius 1 is 1.16 bits per heavy atom. The van der Waals surface area contributed by atoms with E-state index in [4.69, 9.17) is 0 Å². The van der Waals surface area contributed by atoms with Gasteiger partial charge >= 0.3 is 0 Å². The first kappa shape index (κ1) is 17.9. The Morgan fingerprint density at radius 2 is 1.79 bits per heavy atom. The number of nitrogens with zero attached hydrogens (tertiary/aromatic N) is 1. The van der Waals surface area contributed by atoms with Gasteiger partial charge in [0.1, 0.15) is 0 Å². The van der Waals surface area contributed by atoms with Crippen molar-refractivity contribution in [2.75, 3.05) is 26.7 Å². The summed E-state index contributed by atoms with van der Waals surface area (Å²) in [5.74, 6) is 0.349. The molecule has 0 aliphatic heterocycles. The molecule has 0 aromatic rings. The van der Waals surface area contributed by atoms with Crippen LogP contribution in [0.1, 0.15) is 40.5 Å². The Morgan fingerprint density at radius 3 is 2.32 bits per heavy atom. The van der Waals surface area contributed by atoms with Crippen molar-refractivity contribution in [2.24, 2.45) is 5.92 Å². The maximum Gasteiger partial charge on any atom is 0.239 e. The molecule has 0 saturated heterocycles. The van der Waals surface area contributed by atoms with E-state index in [1.54, 1.807) is 7.05 Å². The molecule has 112 valence electrons. The minimum absolute atomic E-state index is 0.0188. The van der Waals surface area contributed by atoms with Gasteiger partial charge in [-0.05, 0) is 18.9 Å². The lowest BCUT2D eigenvalue weighted by Gasteiger charge is -2.17. The van der Waals surface area contributed by atoms with Crippen molar-refractivity contribution in [3.63, 3.8) is 0 Å². The lowest BCUT2D eigenvalue weighted by atomic mass is 10.2. The number of amides is 2. The molecule has 0 rings (SSSR count). The Hall–Kier alpha value is -1.10. The van der Waals surface area contributed by atoms with Crippen molar-refractivity contribution in [3.05, 3.63) is 0 Å². The van der Waals surface area contributed by atoms with Crippen LogP contribution in [-0.4, -0.2) is 49.4 Å². The average Bonchev–Trinajstić information content (AvgIpc) is 2.31. The fourth-order valence-corrected chi connectivity index (χ4v) is 1.50. The van der Waals surface area contributed by atoms with Crippen molar-refractivity contribution < 1.29 is 9.59 Å². The highest BCUT2D eigenvalue weighted by Crippen LogP contribution is 1.96. The summed E-state index contributed by atoms with van der Waals surface area (Å²) in [7, 11) is 1.67. The zero-order valence-corrected chi connectivity index (χ0v) is 13.0. The second-order valence-corrected chi connectivity index (χ2v) is 5.66. The van der Waals surface area contributed by atoms with E-state index in [1.165, 1.54) is 4.90 Å². The van der Waals surface area contributed by atoms with Crippen molar-refractivity contribution in [1.29, 1.82) is 0 Å². The summed E-state index contributed by atoms with van der Waals surface area (Å²) in [6.07, 6.45) is 1.28. The summed E-state index contributed by atoms with van der Waals surface area (Å²) in [4.78, 5) is 24.8. The first-order valence-electron chi connectivity index (χ1n) is 7.07. The standard InChI is InChI=1S/C14H29N3O2/c1-11(2)9-16-13(18)10-17(5)14(19)7-6-8-15-12(3)4/h11-12,15H,6-10H2,1-5H3,(H,16,18). The van der Waals surface area contributed by atoms with Crippen LogP contribution in [0.5, 0.6) is 0 Å². The van der Waals surface area contributed by atoms with E-state index in [1.807, 2.05) is 13.8 Å². The quantitative estimate of drug-likeness (QED) is 0.615. The smallest absolute Gasteiger partial charge is 0.239 e. The van der Waals surface area contributed by atoms with E-state index in [9.17, 15) is 9.59 Å².